The Kier molecular flexibility index (Phi) is 5.39. The summed E-state index contributed by atoms with van der Waals surface area (Å²) in [7, 11) is 1.74. The van der Waals surface area contributed by atoms with Crippen molar-refractivity contribution in [2.45, 2.75) is 37.5 Å². The third kappa shape index (κ3) is 3.66. The van der Waals surface area contributed by atoms with Gasteiger partial charge in [-0.25, -0.2) is 0 Å². The second kappa shape index (κ2) is 7.05. The van der Waals surface area contributed by atoms with Gasteiger partial charge in [0.1, 0.15) is 5.75 Å². The van der Waals surface area contributed by atoms with Crippen LogP contribution in [0.4, 0.5) is 0 Å². The highest BCUT2D eigenvalue weighted by Crippen LogP contribution is 2.25. The van der Waals surface area contributed by atoms with E-state index in [0.717, 1.165) is 24.0 Å². The molecule has 0 aliphatic carbocycles. The molecule has 2 unspecified atom stereocenters. The summed E-state index contributed by atoms with van der Waals surface area (Å²) in [6.07, 6.45) is 3.71. The quantitative estimate of drug-likeness (QED) is 0.884. The molecule has 0 amide bonds. The van der Waals surface area contributed by atoms with Crippen LogP contribution < -0.4 is 10.1 Å². The zero-order valence-electron chi connectivity index (χ0n) is 11.3. The molecule has 1 fully saturated rings. The molecule has 0 aromatic heterocycles. The molecule has 3 heteroatoms. The Morgan fingerprint density at radius 2 is 2.22 bits per heavy atom. The van der Waals surface area contributed by atoms with E-state index in [4.69, 9.17) is 4.74 Å². The van der Waals surface area contributed by atoms with Crippen LogP contribution in [0.25, 0.3) is 0 Å². The molecular formula is C15H23NOS. The Hall–Kier alpha value is -0.670. The van der Waals surface area contributed by atoms with Crippen molar-refractivity contribution in [1.29, 1.82) is 0 Å². The van der Waals surface area contributed by atoms with Gasteiger partial charge in [-0.1, -0.05) is 25.1 Å². The maximum absolute atomic E-state index is 5.38. The zero-order chi connectivity index (χ0) is 12.8. The molecule has 1 heterocycles. The molecule has 100 valence electrons. The van der Waals surface area contributed by atoms with Gasteiger partial charge < -0.3 is 10.1 Å². The van der Waals surface area contributed by atoms with Gasteiger partial charge in [-0.05, 0) is 43.2 Å². The highest BCUT2D eigenvalue weighted by atomic mass is 32.2. The van der Waals surface area contributed by atoms with E-state index in [9.17, 15) is 0 Å². The molecule has 1 N–H and O–H groups in total. The van der Waals surface area contributed by atoms with E-state index >= 15 is 0 Å². The Bertz CT molecular complexity index is 369. The fourth-order valence-corrected chi connectivity index (χ4v) is 3.66. The summed E-state index contributed by atoms with van der Waals surface area (Å²) in [5.41, 5.74) is 1.30. The van der Waals surface area contributed by atoms with E-state index in [-0.39, 0.29) is 0 Å². The van der Waals surface area contributed by atoms with Crippen LogP contribution in [-0.2, 0) is 6.42 Å². The smallest absolute Gasteiger partial charge is 0.122 e. The van der Waals surface area contributed by atoms with Crippen molar-refractivity contribution in [3.8, 4) is 5.75 Å². The van der Waals surface area contributed by atoms with Crippen molar-refractivity contribution in [3.63, 3.8) is 0 Å². The molecule has 2 rings (SSSR count). The average molecular weight is 265 g/mol. The molecule has 1 aromatic rings. The summed E-state index contributed by atoms with van der Waals surface area (Å²) in [6.45, 7) is 3.38. The summed E-state index contributed by atoms with van der Waals surface area (Å²) in [5.74, 6) is 2.33. The first-order valence-corrected chi connectivity index (χ1v) is 7.83. The lowest BCUT2D eigenvalue weighted by molar-refractivity contribution is 0.407. The van der Waals surface area contributed by atoms with Crippen LogP contribution >= 0.6 is 11.8 Å². The maximum Gasteiger partial charge on any atom is 0.122 e. The number of nitrogens with one attached hydrogen (secondary N) is 1. The number of rotatable bonds is 5. The highest BCUT2D eigenvalue weighted by Gasteiger charge is 2.20. The van der Waals surface area contributed by atoms with Crippen LogP contribution in [0.15, 0.2) is 24.3 Å². The first kappa shape index (κ1) is 13.8. The zero-order valence-corrected chi connectivity index (χ0v) is 12.1. The normalized spacial score (nSPS) is 23.9. The van der Waals surface area contributed by atoms with Crippen molar-refractivity contribution in [2.75, 3.05) is 19.4 Å². The fraction of sp³-hybridized carbons (Fsp3) is 0.600. The van der Waals surface area contributed by atoms with Gasteiger partial charge in [0.05, 0.1) is 7.11 Å². The van der Waals surface area contributed by atoms with Crippen molar-refractivity contribution in [2.24, 2.45) is 0 Å². The van der Waals surface area contributed by atoms with Gasteiger partial charge in [0.2, 0.25) is 0 Å². The molecule has 18 heavy (non-hydrogen) atoms. The Morgan fingerprint density at radius 1 is 1.39 bits per heavy atom. The molecule has 0 bridgehead atoms. The number of para-hydroxylation sites is 1. The molecule has 0 saturated carbocycles. The number of hydrogen-bond acceptors (Lipinski definition) is 3. The van der Waals surface area contributed by atoms with E-state index < -0.39 is 0 Å². The van der Waals surface area contributed by atoms with Gasteiger partial charge in [0, 0.05) is 11.3 Å². The Labute approximate surface area is 114 Å². The fourth-order valence-electron chi connectivity index (χ4n) is 2.49. The van der Waals surface area contributed by atoms with Gasteiger partial charge in [0.15, 0.2) is 0 Å². The van der Waals surface area contributed by atoms with Gasteiger partial charge in [-0.2, -0.15) is 11.8 Å². The van der Waals surface area contributed by atoms with Crippen molar-refractivity contribution in [3.05, 3.63) is 29.8 Å². The van der Waals surface area contributed by atoms with Gasteiger partial charge in [0.25, 0.3) is 0 Å². The molecule has 2 nitrogen and oxygen atoms in total. The van der Waals surface area contributed by atoms with E-state index in [1.165, 1.54) is 24.2 Å². The second-order valence-electron chi connectivity index (χ2n) is 4.84. The summed E-state index contributed by atoms with van der Waals surface area (Å²) in [4.78, 5) is 0. The maximum atomic E-state index is 5.38. The minimum absolute atomic E-state index is 0.679. The molecule has 2 atom stereocenters. The van der Waals surface area contributed by atoms with Crippen LogP contribution in [0.5, 0.6) is 5.75 Å². The molecule has 1 aromatic carbocycles. The lowest BCUT2D eigenvalue weighted by Crippen LogP contribution is -2.40. The third-order valence-corrected chi connectivity index (χ3v) is 4.98. The van der Waals surface area contributed by atoms with Gasteiger partial charge >= 0.3 is 0 Å². The standard InChI is InChI=1S/C15H23NOS/c1-12-14(7-5-11-18-12)16-10-9-13-6-3-4-8-15(13)17-2/h3-4,6,8,12,14,16H,5,7,9-11H2,1-2H3. The summed E-state index contributed by atoms with van der Waals surface area (Å²) >= 11 is 2.09. The number of hydrogen-bond donors (Lipinski definition) is 1. The van der Waals surface area contributed by atoms with Crippen LogP contribution in [0, 0.1) is 0 Å². The number of ether oxygens (including phenoxy) is 1. The molecular weight excluding hydrogens is 242 g/mol. The van der Waals surface area contributed by atoms with E-state index in [1.807, 2.05) is 12.1 Å². The van der Waals surface area contributed by atoms with Crippen LogP contribution in [0.3, 0.4) is 0 Å². The molecule has 1 aliphatic heterocycles. The Morgan fingerprint density at radius 3 is 3.00 bits per heavy atom. The highest BCUT2D eigenvalue weighted by molar-refractivity contribution is 7.99. The molecule has 0 radical (unpaired) electrons. The lowest BCUT2D eigenvalue weighted by atomic mass is 10.1. The molecule has 0 spiro atoms. The van der Waals surface area contributed by atoms with E-state index in [0.29, 0.717) is 6.04 Å². The topological polar surface area (TPSA) is 21.3 Å². The minimum Gasteiger partial charge on any atom is -0.496 e. The SMILES string of the molecule is COc1ccccc1CCNC1CCCSC1C. The molecule has 1 saturated heterocycles. The average Bonchev–Trinajstić information content (AvgIpc) is 2.41. The first-order chi connectivity index (χ1) is 8.81. The predicted octanol–water partition coefficient (Wildman–Crippen LogP) is 3.11. The van der Waals surface area contributed by atoms with Crippen LogP contribution in [-0.4, -0.2) is 30.7 Å². The van der Waals surface area contributed by atoms with Crippen LogP contribution in [0.1, 0.15) is 25.3 Å². The van der Waals surface area contributed by atoms with Crippen molar-refractivity contribution < 1.29 is 4.74 Å². The first-order valence-electron chi connectivity index (χ1n) is 6.78. The van der Waals surface area contributed by atoms with Crippen molar-refractivity contribution in [1.82, 2.24) is 5.32 Å². The third-order valence-electron chi connectivity index (χ3n) is 3.60. The predicted molar refractivity (Wildman–Crippen MR) is 79.6 cm³/mol. The number of benzene rings is 1. The summed E-state index contributed by atoms with van der Waals surface area (Å²) in [6, 6.07) is 8.97. The van der Waals surface area contributed by atoms with Crippen molar-refractivity contribution >= 4 is 11.8 Å². The van der Waals surface area contributed by atoms with Gasteiger partial charge in [-0.15, -0.1) is 0 Å². The monoisotopic (exact) mass is 265 g/mol. The lowest BCUT2D eigenvalue weighted by Gasteiger charge is -2.29. The second-order valence-corrected chi connectivity index (χ2v) is 6.33. The van der Waals surface area contributed by atoms with E-state index in [1.54, 1.807) is 7.11 Å². The molecule has 1 aliphatic rings. The van der Waals surface area contributed by atoms with Crippen LogP contribution in [0.2, 0.25) is 0 Å². The number of thioether (sulfide) groups is 1. The number of methoxy groups -OCH3 is 1. The van der Waals surface area contributed by atoms with Gasteiger partial charge in [-0.3, -0.25) is 0 Å². The minimum atomic E-state index is 0.679. The largest absolute Gasteiger partial charge is 0.496 e. The van der Waals surface area contributed by atoms with E-state index in [2.05, 4.69) is 36.1 Å². The summed E-state index contributed by atoms with van der Waals surface area (Å²) < 4.78 is 5.38. The Balaban J connectivity index is 1.80. The summed E-state index contributed by atoms with van der Waals surface area (Å²) in [5, 5.41) is 4.44.